The Bertz CT molecular complexity index is 802. The molecule has 0 amide bonds. The SMILES string of the molecule is CCN(CC)CC(O)Cn1c2ccc(Br)cc2c2cc(Br)ccc21.Cl. The van der Waals surface area contributed by atoms with E-state index in [-0.39, 0.29) is 12.4 Å². The summed E-state index contributed by atoms with van der Waals surface area (Å²) in [6.45, 7) is 7.47. The normalized spacial score (nSPS) is 12.7. The molecule has 1 aromatic heterocycles. The molecular weight excluding hydrogens is 467 g/mol. The highest BCUT2D eigenvalue weighted by molar-refractivity contribution is 9.10. The summed E-state index contributed by atoms with van der Waals surface area (Å²) in [5.74, 6) is 0. The molecule has 3 rings (SSSR count). The van der Waals surface area contributed by atoms with E-state index < -0.39 is 6.10 Å². The van der Waals surface area contributed by atoms with Gasteiger partial charge in [-0.2, -0.15) is 0 Å². The van der Waals surface area contributed by atoms with Crippen LogP contribution in [0.1, 0.15) is 13.8 Å². The van der Waals surface area contributed by atoms with Crippen molar-refractivity contribution in [2.24, 2.45) is 0 Å². The predicted octanol–water partition coefficient (Wildman–Crippen LogP) is 5.44. The van der Waals surface area contributed by atoms with E-state index >= 15 is 0 Å². The summed E-state index contributed by atoms with van der Waals surface area (Å²) >= 11 is 7.14. The molecule has 1 unspecified atom stereocenters. The Hall–Kier alpha value is -0.590. The number of aliphatic hydroxyl groups excluding tert-OH is 1. The van der Waals surface area contributed by atoms with Crippen molar-refractivity contribution in [3.8, 4) is 0 Å². The molecule has 0 aliphatic rings. The van der Waals surface area contributed by atoms with Crippen molar-refractivity contribution in [3.05, 3.63) is 45.3 Å². The lowest BCUT2D eigenvalue weighted by Crippen LogP contribution is -2.34. The van der Waals surface area contributed by atoms with Gasteiger partial charge in [-0.3, -0.25) is 0 Å². The van der Waals surface area contributed by atoms with Gasteiger partial charge in [-0.15, -0.1) is 12.4 Å². The largest absolute Gasteiger partial charge is 0.390 e. The molecule has 3 aromatic rings. The fourth-order valence-electron chi connectivity index (χ4n) is 3.29. The van der Waals surface area contributed by atoms with Gasteiger partial charge in [0.25, 0.3) is 0 Å². The summed E-state index contributed by atoms with van der Waals surface area (Å²) in [7, 11) is 0. The molecule has 1 heterocycles. The Kier molecular flexibility index (Phi) is 7.35. The summed E-state index contributed by atoms with van der Waals surface area (Å²) in [6, 6.07) is 12.7. The number of nitrogens with zero attached hydrogens (tertiary/aromatic N) is 2. The van der Waals surface area contributed by atoms with Crippen LogP contribution in [0.15, 0.2) is 45.3 Å². The maximum absolute atomic E-state index is 10.6. The van der Waals surface area contributed by atoms with Crippen molar-refractivity contribution in [2.75, 3.05) is 19.6 Å². The molecule has 6 heteroatoms. The first-order chi connectivity index (χ1) is 11.5. The van der Waals surface area contributed by atoms with E-state index in [0.29, 0.717) is 13.1 Å². The number of aromatic nitrogens is 1. The highest BCUT2D eigenvalue weighted by atomic mass is 79.9. The number of hydrogen-bond donors (Lipinski definition) is 1. The zero-order valence-electron chi connectivity index (χ0n) is 14.4. The van der Waals surface area contributed by atoms with E-state index in [4.69, 9.17) is 0 Å². The van der Waals surface area contributed by atoms with Gasteiger partial charge in [-0.25, -0.2) is 0 Å². The molecule has 2 aromatic carbocycles. The highest BCUT2D eigenvalue weighted by Crippen LogP contribution is 2.33. The zero-order chi connectivity index (χ0) is 17.3. The van der Waals surface area contributed by atoms with Crippen LogP contribution in [-0.4, -0.2) is 40.3 Å². The summed E-state index contributed by atoms with van der Waals surface area (Å²) in [6.07, 6.45) is -0.393. The van der Waals surface area contributed by atoms with Crippen LogP contribution in [0.3, 0.4) is 0 Å². The van der Waals surface area contributed by atoms with Crippen LogP contribution in [0.25, 0.3) is 21.8 Å². The van der Waals surface area contributed by atoms with E-state index in [9.17, 15) is 5.11 Å². The van der Waals surface area contributed by atoms with Crippen LogP contribution in [0.5, 0.6) is 0 Å². The maximum Gasteiger partial charge on any atom is 0.0845 e. The van der Waals surface area contributed by atoms with E-state index in [1.165, 1.54) is 10.8 Å². The monoisotopic (exact) mass is 488 g/mol. The summed E-state index contributed by atoms with van der Waals surface area (Å²) < 4.78 is 4.37. The zero-order valence-corrected chi connectivity index (χ0v) is 18.4. The number of rotatable bonds is 6. The lowest BCUT2D eigenvalue weighted by molar-refractivity contribution is 0.105. The van der Waals surface area contributed by atoms with Crippen molar-refractivity contribution in [1.29, 1.82) is 0 Å². The number of hydrogen-bond acceptors (Lipinski definition) is 2. The molecule has 136 valence electrons. The first-order valence-corrected chi connectivity index (χ1v) is 9.89. The topological polar surface area (TPSA) is 28.4 Å². The third-order valence-corrected chi connectivity index (χ3v) is 5.53. The number of halogens is 3. The van der Waals surface area contributed by atoms with Gasteiger partial charge in [-0.05, 0) is 49.5 Å². The Morgan fingerprint density at radius 3 is 1.88 bits per heavy atom. The minimum absolute atomic E-state index is 0. The quantitative estimate of drug-likeness (QED) is 0.498. The fraction of sp³-hybridized carbons (Fsp3) is 0.368. The molecule has 0 bridgehead atoms. The third-order valence-electron chi connectivity index (χ3n) is 4.55. The smallest absolute Gasteiger partial charge is 0.0845 e. The second-order valence-corrected chi connectivity index (χ2v) is 7.90. The van der Waals surface area contributed by atoms with Crippen molar-refractivity contribution in [1.82, 2.24) is 9.47 Å². The number of benzene rings is 2. The molecular formula is C19H23Br2ClN2O. The van der Waals surface area contributed by atoms with Crippen LogP contribution in [-0.2, 0) is 6.54 Å². The molecule has 25 heavy (non-hydrogen) atoms. The van der Waals surface area contributed by atoms with Crippen LogP contribution in [0.4, 0.5) is 0 Å². The molecule has 0 aliphatic heterocycles. The molecule has 0 spiro atoms. The third kappa shape index (κ3) is 4.40. The Balaban J connectivity index is 0.00000225. The second-order valence-electron chi connectivity index (χ2n) is 6.07. The van der Waals surface area contributed by atoms with Crippen molar-refractivity contribution in [2.45, 2.75) is 26.5 Å². The molecule has 1 N–H and O–H groups in total. The minimum Gasteiger partial charge on any atom is -0.390 e. The average Bonchev–Trinajstić information content (AvgIpc) is 2.85. The standard InChI is InChI=1S/C19H22Br2N2O.ClH/c1-3-22(4-2)11-15(24)12-23-18-7-5-13(20)9-16(18)17-10-14(21)6-8-19(17)23;/h5-10,15,24H,3-4,11-12H2,1-2H3;1H. The molecule has 0 radical (unpaired) electrons. The predicted molar refractivity (Wildman–Crippen MR) is 116 cm³/mol. The molecule has 0 saturated heterocycles. The average molecular weight is 491 g/mol. The van der Waals surface area contributed by atoms with Gasteiger partial charge in [0.1, 0.15) is 0 Å². The van der Waals surface area contributed by atoms with Crippen LogP contribution in [0, 0.1) is 0 Å². The number of aliphatic hydroxyl groups is 1. The number of fused-ring (bicyclic) bond motifs is 3. The van der Waals surface area contributed by atoms with Gasteiger partial charge in [0.15, 0.2) is 0 Å². The van der Waals surface area contributed by atoms with Crippen LogP contribution >= 0.6 is 44.3 Å². The molecule has 0 fully saturated rings. The fourth-order valence-corrected chi connectivity index (χ4v) is 4.02. The lowest BCUT2D eigenvalue weighted by atomic mass is 10.2. The molecule has 0 aliphatic carbocycles. The van der Waals surface area contributed by atoms with Crippen molar-refractivity contribution >= 4 is 66.1 Å². The summed E-state index contributed by atoms with van der Waals surface area (Å²) in [4.78, 5) is 2.26. The van der Waals surface area contributed by atoms with Crippen LogP contribution in [0.2, 0.25) is 0 Å². The Morgan fingerprint density at radius 2 is 1.44 bits per heavy atom. The second kappa shape index (κ2) is 8.87. The van der Waals surface area contributed by atoms with Gasteiger partial charge >= 0.3 is 0 Å². The first-order valence-electron chi connectivity index (χ1n) is 8.31. The van der Waals surface area contributed by atoms with Gasteiger partial charge in [0.05, 0.1) is 12.6 Å². The van der Waals surface area contributed by atoms with Gasteiger partial charge in [-0.1, -0.05) is 45.7 Å². The van der Waals surface area contributed by atoms with Gasteiger partial charge in [0.2, 0.25) is 0 Å². The maximum atomic E-state index is 10.6. The number of likely N-dealkylation sites (N-methyl/N-ethyl adjacent to an activating group) is 1. The van der Waals surface area contributed by atoms with Crippen molar-refractivity contribution < 1.29 is 5.11 Å². The van der Waals surface area contributed by atoms with Gasteiger partial charge in [0, 0.05) is 37.3 Å². The highest BCUT2D eigenvalue weighted by Gasteiger charge is 2.16. The van der Waals surface area contributed by atoms with E-state index in [0.717, 1.165) is 33.1 Å². The minimum atomic E-state index is -0.393. The van der Waals surface area contributed by atoms with Gasteiger partial charge < -0.3 is 14.6 Å². The van der Waals surface area contributed by atoms with E-state index in [1.54, 1.807) is 0 Å². The molecule has 0 saturated carbocycles. The van der Waals surface area contributed by atoms with Crippen molar-refractivity contribution in [3.63, 3.8) is 0 Å². The summed E-state index contributed by atoms with van der Waals surface area (Å²) in [5.41, 5.74) is 2.31. The van der Waals surface area contributed by atoms with E-state index in [2.05, 4.69) is 91.6 Å². The van der Waals surface area contributed by atoms with Crippen LogP contribution < -0.4 is 0 Å². The Labute approximate surface area is 171 Å². The summed E-state index contributed by atoms with van der Waals surface area (Å²) in [5, 5.41) is 13.0. The van der Waals surface area contributed by atoms with E-state index in [1.807, 2.05) is 0 Å². The first kappa shape index (κ1) is 20.7. The lowest BCUT2D eigenvalue weighted by Gasteiger charge is -2.22. The molecule has 3 nitrogen and oxygen atoms in total. The molecule has 1 atom stereocenters. The Morgan fingerprint density at radius 1 is 0.960 bits per heavy atom.